The van der Waals surface area contributed by atoms with Crippen LogP contribution in [-0.4, -0.2) is 20.2 Å². The van der Waals surface area contributed by atoms with Gasteiger partial charge >= 0.3 is 5.97 Å². The Bertz CT molecular complexity index is 654. The standard InChI is InChI=1S/C15H12F2O3/c1-19-13-8-9(6-7-12(13)16)10-4-3-5-11(14(10)17)15(18)20-2/h3-8H,1-2H3. The molecule has 0 N–H and O–H groups in total. The minimum atomic E-state index is -0.765. The smallest absolute Gasteiger partial charge is 0.340 e. The molecular formula is C15H12F2O3. The average Bonchev–Trinajstić information content (AvgIpc) is 2.47. The largest absolute Gasteiger partial charge is 0.494 e. The van der Waals surface area contributed by atoms with Gasteiger partial charge in [0.05, 0.1) is 19.8 Å². The highest BCUT2D eigenvalue weighted by atomic mass is 19.1. The van der Waals surface area contributed by atoms with Gasteiger partial charge in [0.25, 0.3) is 0 Å². The van der Waals surface area contributed by atoms with Crippen molar-refractivity contribution in [3.63, 3.8) is 0 Å². The van der Waals surface area contributed by atoms with Crippen molar-refractivity contribution >= 4 is 5.97 Å². The number of methoxy groups -OCH3 is 2. The lowest BCUT2D eigenvalue weighted by Gasteiger charge is -2.09. The summed E-state index contributed by atoms with van der Waals surface area (Å²) in [5.41, 5.74) is 0.408. The molecule has 0 radical (unpaired) electrons. The number of hydrogen-bond acceptors (Lipinski definition) is 3. The molecule has 0 saturated heterocycles. The van der Waals surface area contributed by atoms with Gasteiger partial charge in [0, 0.05) is 5.56 Å². The first-order valence-electron chi connectivity index (χ1n) is 5.79. The summed E-state index contributed by atoms with van der Waals surface area (Å²) in [7, 11) is 2.50. The molecule has 0 bridgehead atoms. The molecule has 2 aromatic rings. The first-order valence-corrected chi connectivity index (χ1v) is 5.79. The lowest BCUT2D eigenvalue weighted by atomic mass is 10.0. The van der Waals surface area contributed by atoms with Gasteiger partial charge in [-0.25, -0.2) is 13.6 Å². The summed E-state index contributed by atoms with van der Waals surface area (Å²) in [6.45, 7) is 0. The topological polar surface area (TPSA) is 35.5 Å². The fourth-order valence-corrected chi connectivity index (χ4v) is 1.85. The zero-order chi connectivity index (χ0) is 14.7. The summed E-state index contributed by atoms with van der Waals surface area (Å²) in [5, 5.41) is 0. The minimum Gasteiger partial charge on any atom is -0.494 e. The fraction of sp³-hybridized carbons (Fsp3) is 0.133. The molecule has 0 saturated carbocycles. The third-order valence-electron chi connectivity index (χ3n) is 2.87. The number of halogens is 2. The molecule has 2 aromatic carbocycles. The Kier molecular flexibility index (Phi) is 3.98. The van der Waals surface area contributed by atoms with Crippen LogP contribution in [0.3, 0.4) is 0 Å². The molecule has 0 aliphatic carbocycles. The summed E-state index contributed by atoms with van der Waals surface area (Å²) < 4.78 is 37.0. The number of rotatable bonds is 3. The zero-order valence-corrected chi connectivity index (χ0v) is 10.9. The van der Waals surface area contributed by atoms with E-state index in [1.165, 1.54) is 50.6 Å². The van der Waals surface area contributed by atoms with E-state index >= 15 is 0 Å². The van der Waals surface area contributed by atoms with E-state index in [2.05, 4.69) is 4.74 Å². The third kappa shape index (κ3) is 2.47. The Hall–Kier alpha value is -2.43. The first-order chi connectivity index (χ1) is 9.58. The van der Waals surface area contributed by atoms with E-state index in [0.717, 1.165) is 0 Å². The second-order valence-corrected chi connectivity index (χ2v) is 4.01. The lowest BCUT2D eigenvalue weighted by molar-refractivity contribution is 0.0595. The van der Waals surface area contributed by atoms with Gasteiger partial charge in [0.15, 0.2) is 11.6 Å². The van der Waals surface area contributed by atoms with Crippen molar-refractivity contribution in [1.29, 1.82) is 0 Å². The molecule has 0 aliphatic heterocycles. The molecule has 0 amide bonds. The number of ether oxygens (including phenoxy) is 2. The quantitative estimate of drug-likeness (QED) is 0.807. The molecule has 0 aromatic heterocycles. The van der Waals surface area contributed by atoms with Crippen molar-refractivity contribution in [3.05, 3.63) is 53.6 Å². The average molecular weight is 278 g/mol. The maximum Gasteiger partial charge on any atom is 0.340 e. The summed E-state index contributed by atoms with van der Waals surface area (Å²) in [4.78, 5) is 11.4. The molecule has 3 nitrogen and oxygen atoms in total. The Labute approximate surface area is 114 Å². The third-order valence-corrected chi connectivity index (χ3v) is 2.87. The lowest BCUT2D eigenvalue weighted by Crippen LogP contribution is -2.05. The van der Waals surface area contributed by atoms with Crippen LogP contribution in [0.15, 0.2) is 36.4 Å². The van der Waals surface area contributed by atoms with Crippen molar-refractivity contribution in [2.24, 2.45) is 0 Å². The molecule has 104 valence electrons. The number of carbonyl (C=O) groups is 1. The van der Waals surface area contributed by atoms with E-state index in [1.54, 1.807) is 0 Å². The number of carbonyl (C=O) groups excluding carboxylic acids is 1. The van der Waals surface area contributed by atoms with E-state index in [-0.39, 0.29) is 16.9 Å². The van der Waals surface area contributed by atoms with E-state index in [9.17, 15) is 13.6 Å². The Morgan fingerprint density at radius 3 is 2.50 bits per heavy atom. The van der Waals surface area contributed by atoms with Crippen molar-refractivity contribution in [2.75, 3.05) is 14.2 Å². The van der Waals surface area contributed by atoms with Crippen LogP contribution in [0.2, 0.25) is 0 Å². The fourth-order valence-electron chi connectivity index (χ4n) is 1.85. The summed E-state index contributed by atoms with van der Waals surface area (Å²) >= 11 is 0. The molecule has 0 heterocycles. The summed E-state index contributed by atoms with van der Waals surface area (Å²) in [5.74, 6) is -2.02. The van der Waals surface area contributed by atoms with E-state index in [1.807, 2.05) is 0 Å². The maximum atomic E-state index is 14.3. The minimum absolute atomic E-state index is 0.00497. The number of esters is 1. The zero-order valence-electron chi connectivity index (χ0n) is 10.9. The van der Waals surface area contributed by atoms with Crippen LogP contribution < -0.4 is 4.74 Å². The molecule has 0 unspecified atom stereocenters. The first kappa shape index (κ1) is 14.0. The molecular weight excluding hydrogens is 266 g/mol. The highest BCUT2D eigenvalue weighted by molar-refractivity contribution is 5.91. The van der Waals surface area contributed by atoms with Gasteiger partial charge in [-0.2, -0.15) is 0 Å². The van der Waals surface area contributed by atoms with Gasteiger partial charge in [0.2, 0.25) is 0 Å². The van der Waals surface area contributed by atoms with Crippen LogP contribution in [0, 0.1) is 11.6 Å². The molecule has 20 heavy (non-hydrogen) atoms. The second kappa shape index (κ2) is 5.69. The van der Waals surface area contributed by atoms with Crippen molar-refractivity contribution in [1.82, 2.24) is 0 Å². The van der Waals surface area contributed by atoms with Crippen molar-refractivity contribution < 1.29 is 23.0 Å². The van der Waals surface area contributed by atoms with Gasteiger partial charge in [-0.05, 0) is 23.8 Å². The van der Waals surface area contributed by atoms with E-state index in [0.29, 0.717) is 5.56 Å². The molecule has 2 rings (SSSR count). The van der Waals surface area contributed by atoms with Crippen molar-refractivity contribution in [2.45, 2.75) is 0 Å². The molecule has 5 heteroatoms. The Balaban J connectivity index is 2.56. The Morgan fingerprint density at radius 2 is 1.85 bits per heavy atom. The number of benzene rings is 2. The van der Waals surface area contributed by atoms with Crippen LogP contribution in [0.25, 0.3) is 11.1 Å². The van der Waals surface area contributed by atoms with Crippen LogP contribution in [0.4, 0.5) is 8.78 Å². The molecule has 0 aliphatic rings. The van der Waals surface area contributed by atoms with Crippen LogP contribution in [-0.2, 0) is 4.74 Å². The molecule has 0 atom stereocenters. The van der Waals surface area contributed by atoms with Gasteiger partial charge in [0.1, 0.15) is 5.82 Å². The van der Waals surface area contributed by atoms with E-state index in [4.69, 9.17) is 4.74 Å². The van der Waals surface area contributed by atoms with Gasteiger partial charge in [-0.3, -0.25) is 0 Å². The van der Waals surface area contributed by atoms with Crippen molar-refractivity contribution in [3.8, 4) is 16.9 Å². The van der Waals surface area contributed by atoms with Crippen LogP contribution >= 0.6 is 0 Å². The van der Waals surface area contributed by atoms with Gasteiger partial charge < -0.3 is 9.47 Å². The van der Waals surface area contributed by atoms with Gasteiger partial charge in [-0.1, -0.05) is 18.2 Å². The SMILES string of the molecule is COC(=O)c1cccc(-c2ccc(F)c(OC)c2)c1F. The predicted molar refractivity (Wildman–Crippen MR) is 69.7 cm³/mol. The maximum absolute atomic E-state index is 14.3. The highest BCUT2D eigenvalue weighted by Crippen LogP contribution is 2.29. The molecule has 0 fully saturated rings. The normalized spacial score (nSPS) is 10.2. The summed E-state index contributed by atoms with van der Waals surface area (Å²) in [6.07, 6.45) is 0. The number of hydrogen-bond donors (Lipinski definition) is 0. The Morgan fingerprint density at radius 1 is 1.10 bits per heavy atom. The van der Waals surface area contributed by atoms with Crippen LogP contribution in [0.5, 0.6) is 5.75 Å². The predicted octanol–water partition coefficient (Wildman–Crippen LogP) is 3.43. The molecule has 0 spiro atoms. The second-order valence-electron chi connectivity index (χ2n) is 4.01. The highest BCUT2D eigenvalue weighted by Gasteiger charge is 2.17. The monoisotopic (exact) mass is 278 g/mol. The van der Waals surface area contributed by atoms with Crippen LogP contribution in [0.1, 0.15) is 10.4 Å². The van der Waals surface area contributed by atoms with E-state index < -0.39 is 17.6 Å². The van der Waals surface area contributed by atoms with Gasteiger partial charge in [-0.15, -0.1) is 0 Å². The summed E-state index contributed by atoms with van der Waals surface area (Å²) in [6, 6.07) is 8.31.